The molecule has 2 aromatic carbocycles. The van der Waals surface area contributed by atoms with Gasteiger partial charge in [-0.25, -0.2) is 0 Å². The quantitative estimate of drug-likeness (QED) is 0.692. The molecule has 23 heavy (non-hydrogen) atoms. The molecule has 0 fully saturated rings. The third-order valence-electron chi connectivity index (χ3n) is 4.58. The van der Waals surface area contributed by atoms with Gasteiger partial charge in [0.1, 0.15) is 5.75 Å². The summed E-state index contributed by atoms with van der Waals surface area (Å²) in [6.45, 7) is 0.763. The number of nitrogens with zero attached hydrogens (tertiary/aromatic N) is 2. The molecule has 0 aliphatic carbocycles. The maximum absolute atomic E-state index is 12.6. The number of fused-ring (bicyclic) bond motifs is 4. The minimum absolute atomic E-state index is 0.105. The van der Waals surface area contributed by atoms with Gasteiger partial charge in [-0.3, -0.25) is 4.79 Å². The van der Waals surface area contributed by atoms with E-state index < -0.39 is 0 Å². The van der Waals surface area contributed by atoms with E-state index >= 15 is 0 Å². The zero-order valence-electron chi connectivity index (χ0n) is 13.2. The van der Waals surface area contributed by atoms with Crippen molar-refractivity contribution in [2.45, 2.75) is 13.0 Å². The van der Waals surface area contributed by atoms with Crippen LogP contribution >= 0.6 is 0 Å². The van der Waals surface area contributed by atoms with Gasteiger partial charge in [-0.1, -0.05) is 18.2 Å². The van der Waals surface area contributed by atoms with Crippen LogP contribution in [0.4, 0.5) is 5.69 Å². The van der Waals surface area contributed by atoms with Gasteiger partial charge in [0.05, 0.1) is 13.5 Å². The highest BCUT2D eigenvalue weighted by Gasteiger charge is 2.22. The minimum atomic E-state index is 0.105. The molecule has 4 heteroatoms. The number of aromatic nitrogens is 1. The van der Waals surface area contributed by atoms with E-state index in [9.17, 15) is 4.79 Å². The van der Waals surface area contributed by atoms with Crippen molar-refractivity contribution in [3.63, 3.8) is 0 Å². The van der Waals surface area contributed by atoms with E-state index in [2.05, 4.69) is 22.8 Å². The van der Waals surface area contributed by atoms with E-state index in [4.69, 9.17) is 4.74 Å². The van der Waals surface area contributed by atoms with Gasteiger partial charge in [-0.15, -0.1) is 0 Å². The van der Waals surface area contributed by atoms with Gasteiger partial charge in [-0.05, 0) is 35.9 Å². The van der Waals surface area contributed by atoms with E-state index in [0.29, 0.717) is 6.42 Å². The first-order valence-electron chi connectivity index (χ1n) is 7.68. The van der Waals surface area contributed by atoms with Crippen molar-refractivity contribution in [2.75, 3.05) is 19.1 Å². The Bertz CT molecular complexity index is 911. The van der Waals surface area contributed by atoms with Crippen LogP contribution in [0.2, 0.25) is 0 Å². The summed E-state index contributed by atoms with van der Waals surface area (Å²) in [5.41, 5.74) is 4.31. The molecule has 1 aliphatic rings. The molecule has 1 amide bonds. The Balaban J connectivity index is 1.93. The van der Waals surface area contributed by atoms with Gasteiger partial charge in [0, 0.05) is 35.9 Å². The first-order valence-corrected chi connectivity index (χ1v) is 7.68. The number of anilines is 1. The van der Waals surface area contributed by atoms with Crippen molar-refractivity contribution in [3.05, 3.63) is 59.8 Å². The summed E-state index contributed by atoms with van der Waals surface area (Å²) >= 11 is 0. The molecule has 0 unspecified atom stereocenters. The van der Waals surface area contributed by atoms with Crippen LogP contribution in [-0.2, 0) is 17.8 Å². The minimum Gasteiger partial charge on any atom is -0.497 e. The molecule has 0 N–H and O–H groups in total. The number of carbonyl (C=O) groups is 1. The highest BCUT2D eigenvalue weighted by molar-refractivity contribution is 5.96. The maximum atomic E-state index is 12.6. The van der Waals surface area contributed by atoms with Crippen LogP contribution in [0.15, 0.2) is 48.5 Å². The van der Waals surface area contributed by atoms with Crippen molar-refractivity contribution < 1.29 is 9.53 Å². The molecule has 0 bridgehead atoms. The molecule has 4 rings (SSSR count). The van der Waals surface area contributed by atoms with Crippen molar-refractivity contribution >= 4 is 22.5 Å². The lowest BCUT2D eigenvalue weighted by molar-refractivity contribution is -0.117. The Morgan fingerprint density at radius 3 is 2.74 bits per heavy atom. The predicted molar refractivity (Wildman–Crippen MR) is 91.1 cm³/mol. The molecule has 3 aromatic rings. The number of methoxy groups -OCH3 is 1. The monoisotopic (exact) mass is 306 g/mol. The molecule has 0 saturated carbocycles. The Morgan fingerprint density at radius 2 is 1.91 bits per heavy atom. The standard InChI is InChI=1S/C19H18N2O2/c1-20-17-6-4-3-5-13(17)12-21-15(11-19(20)22)9-14-10-16(23-2)7-8-18(14)21/h3-10H,11-12H2,1-2H3. The largest absolute Gasteiger partial charge is 0.497 e. The topological polar surface area (TPSA) is 34.5 Å². The first kappa shape index (κ1) is 13.9. The fourth-order valence-corrected chi connectivity index (χ4v) is 3.32. The number of carbonyl (C=O) groups excluding carboxylic acids is 1. The highest BCUT2D eigenvalue weighted by Crippen LogP contribution is 2.30. The summed E-state index contributed by atoms with van der Waals surface area (Å²) in [5, 5.41) is 1.11. The average molecular weight is 306 g/mol. The zero-order chi connectivity index (χ0) is 16.0. The van der Waals surface area contributed by atoms with E-state index in [0.717, 1.165) is 40.1 Å². The molecule has 0 atom stereocenters. The molecule has 2 heterocycles. The van der Waals surface area contributed by atoms with Crippen molar-refractivity contribution in [3.8, 4) is 5.75 Å². The Morgan fingerprint density at radius 1 is 1.09 bits per heavy atom. The predicted octanol–water partition coefficient (Wildman–Crippen LogP) is 3.22. The van der Waals surface area contributed by atoms with Gasteiger partial charge in [0.25, 0.3) is 0 Å². The van der Waals surface area contributed by atoms with Gasteiger partial charge in [-0.2, -0.15) is 0 Å². The second-order valence-electron chi connectivity index (χ2n) is 5.90. The number of ether oxygens (including phenoxy) is 1. The van der Waals surface area contributed by atoms with Crippen LogP contribution in [0.25, 0.3) is 10.9 Å². The van der Waals surface area contributed by atoms with Crippen molar-refractivity contribution in [1.29, 1.82) is 0 Å². The number of amides is 1. The molecule has 1 aromatic heterocycles. The number of hydrogen-bond acceptors (Lipinski definition) is 2. The Hall–Kier alpha value is -2.75. The second-order valence-corrected chi connectivity index (χ2v) is 5.90. The highest BCUT2D eigenvalue weighted by atomic mass is 16.5. The van der Waals surface area contributed by atoms with Crippen molar-refractivity contribution in [1.82, 2.24) is 4.57 Å². The normalized spacial score (nSPS) is 14.2. The van der Waals surface area contributed by atoms with E-state index in [1.807, 2.05) is 37.4 Å². The lowest BCUT2D eigenvalue weighted by atomic mass is 10.1. The summed E-state index contributed by atoms with van der Waals surface area (Å²) in [7, 11) is 3.52. The van der Waals surface area contributed by atoms with Gasteiger partial charge in [0.15, 0.2) is 0 Å². The van der Waals surface area contributed by atoms with Crippen LogP contribution in [-0.4, -0.2) is 24.6 Å². The third kappa shape index (κ3) is 2.18. The smallest absolute Gasteiger partial charge is 0.232 e. The number of benzene rings is 2. The van der Waals surface area contributed by atoms with E-state index in [-0.39, 0.29) is 5.91 Å². The first-order chi connectivity index (χ1) is 11.2. The molecule has 1 aliphatic heterocycles. The van der Waals surface area contributed by atoms with Gasteiger partial charge >= 0.3 is 0 Å². The second kappa shape index (κ2) is 5.16. The lowest BCUT2D eigenvalue weighted by Gasteiger charge is -2.25. The summed E-state index contributed by atoms with van der Waals surface area (Å²) < 4.78 is 7.55. The fourth-order valence-electron chi connectivity index (χ4n) is 3.32. The average Bonchev–Trinajstić information content (AvgIpc) is 2.89. The molecule has 0 spiro atoms. The Kier molecular flexibility index (Phi) is 3.11. The van der Waals surface area contributed by atoms with Crippen LogP contribution in [0.5, 0.6) is 5.75 Å². The maximum Gasteiger partial charge on any atom is 0.232 e. The van der Waals surface area contributed by atoms with Crippen LogP contribution < -0.4 is 9.64 Å². The fraction of sp³-hybridized carbons (Fsp3) is 0.211. The van der Waals surface area contributed by atoms with Gasteiger partial charge in [0.2, 0.25) is 5.91 Å². The Labute approximate surface area is 134 Å². The summed E-state index contributed by atoms with van der Waals surface area (Å²) in [6.07, 6.45) is 0.405. The number of rotatable bonds is 1. The van der Waals surface area contributed by atoms with Crippen molar-refractivity contribution in [2.24, 2.45) is 0 Å². The zero-order valence-corrected chi connectivity index (χ0v) is 13.2. The molecular formula is C19H18N2O2. The van der Waals surface area contributed by atoms with Crippen LogP contribution in [0.3, 0.4) is 0 Å². The lowest BCUT2D eigenvalue weighted by Crippen LogP contribution is -2.31. The van der Waals surface area contributed by atoms with Gasteiger partial charge < -0.3 is 14.2 Å². The molecular weight excluding hydrogens is 288 g/mol. The molecule has 116 valence electrons. The van der Waals surface area contributed by atoms with Crippen LogP contribution in [0, 0.1) is 0 Å². The third-order valence-corrected chi connectivity index (χ3v) is 4.58. The molecule has 0 radical (unpaired) electrons. The SMILES string of the molecule is COc1ccc2c(c1)cc1n2Cc2ccccc2N(C)C(=O)C1. The summed E-state index contributed by atoms with van der Waals surface area (Å²) in [4.78, 5) is 14.3. The number of likely N-dealkylation sites (N-methyl/N-ethyl adjacent to an activating group) is 1. The summed E-state index contributed by atoms with van der Waals surface area (Å²) in [5.74, 6) is 0.938. The molecule has 4 nitrogen and oxygen atoms in total. The van der Waals surface area contributed by atoms with E-state index in [1.54, 1.807) is 12.0 Å². The van der Waals surface area contributed by atoms with E-state index in [1.165, 1.54) is 0 Å². The van der Waals surface area contributed by atoms with Crippen LogP contribution in [0.1, 0.15) is 11.3 Å². The summed E-state index contributed by atoms with van der Waals surface area (Å²) in [6, 6.07) is 16.2. The number of para-hydroxylation sites is 1. The molecule has 0 saturated heterocycles. The number of hydrogen-bond donors (Lipinski definition) is 0.